The second-order valence-electron chi connectivity index (χ2n) is 5.48. The van der Waals surface area contributed by atoms with Gasteiger partial charge in [-0.15, -0.1) is 12.4 Å². The summed E-state index contributed by atoms with van der Waals surface area (Å²) in [6.07, 6.45) is 0.504. The maximum absolute atomic E-state index is 12.8. The first-order valence-corrected chi connectivity index (χ1v) is 10.6. The van der Waals surface area contributed by atoms with Gasteiger partial charge in [0.25, 0.3) is 0 Å². The Balaban J connectivity index is 0.00000312. The molecule has 0 spiro atoms. The van der Waals surface area contributed by atoms with Gasteiger partial charge in [0.15, 0.2) is 0 Å². The molecule has 1 aromatic carbocycles. The van der Waals surface area contributed by atoms with Crippen molar-refractivity contribution in [3.63, 3.8) is 0 Å². The molecule has 1 aliphatic heterocycles. The van der Waals surface area contributed by atoms with Gasteiger partial charge in [-0.3, -0.25) is 0 Å². The summed E-state index contributed by atoms with van der Waals surface area (Å²) >= 11 is 0. The molecule has 11 heteroatoms. The normalized spacial score (nSPS) is 16.4. The van der Waals surface area contributed by atoms with Crippen LogP contribution in [0.5, 0.6) is 0 Å². The zero-order valence-corrected chi connectivity index (χ0v) is 16.4. The van der Waals surface area contributed by atoms with Gasteiger partial charge in [-0.25, -0.2) is 21.6 Å². The molecule has 0 amide bonds. The lowest BCUT2D eigenvalue weighted by Gasteiger charge is -2.26. The second kappa shape index (κ2) is 9.26. The summed E-state index contributed by atoms with van der Waals surface area (Å²) in [6.45, 7) is 3.39. The summed E-state index contributed by atoms with van der Waals surface area (Å²) in [5.74, 6) is 0. The maximum Gasteiger partial charge on any atom is 0.243 e. The quantitative estimate of drug-likeness (QED) is 0.610. The van der Waals surface area contributed by atoms with Crippen molar-refractivity contribution in [2.24, 2.45) is 5.73 Å². The van der Waals surface area contributed by atoms with E-state index >= 15 is 0 Å². The fourth-order valence-corrected chi connectivity index (χ4v) is 5.18. The third kappa shape index (κ3) is 5.36. The van der Waals surface area contributed by atoms with E-state index in [-0.39, 0.29) is 41.8 Å². The first-order chi connectivity index (χ1) is 11.3. The van der Waals surface area contributed by atoms with Gasteiger partial charge in [-0.05, 0) is 37.6 Å². The molecule has 0 unspecified atom stereocenters. The molecular formula is C14H24ClN3O5S2. The van der Waals surface area contributed by atoms with Crippen LogP contribution in [0, 0.1) is 6.92 Å². The van der Waals surface area contributed by atoms with E-state index in [1.54, 1.807) is 6.92 Å². The van der Waals surface area contributed by atoms with Gasteiger partial charge in [0.05, 0.1) is 23.0 Å². The summed E-state index contributed by atoms with van der Waals surface area (Å²) in [6, 6.07) is 4.12. The lowest BCUT2D eigenvalue weighted by molar-refractivity contribution is 0.0730. The minimum Gasteiger partial charge on any atom is -0.379 e. The molecule has 1 saturated heterocycles. The van der Waals surface area contributed by atoms with Crippen molar-refractivity contribution in [2.75, 3.05) is 39.4 Å². The van der Waals surface area contributed by atoms with Crippen molar-refractivity contribution >= 4 is 32.5 Å². The Morgan fingerprint density at radius 1 is 1.20 bits per heavy atom. The van der Waals surface area contributed by atoms with Gasteiger partial charge in [0.2, 0.25) is 20.0 Å². The number of nitrogens with two attached hydrogens (primary N) is 1. The number of halogens is 1. The number of aryl methyl sites for hydroxylation is 1. The smallest absolute Gasteiger partial charge is 0.243 e. The Labute approximate surface area is 155 Å². The molecule has 1 aromatic rings. The maximum atomic E-state index is 12.8. The SMILES string of the molecule is Cc1ccc(S(=O)(=O)NCCCN)cc1S(=O)(=O)N1CCOCC1.Cl. The molecule has 0 aliphatic carbocycles. The molecule has 144 valence electrons. The average molecular weight is 414 g/mol. The highest BCUT2D eigenvalue weighted by Crippen LogP contribution is 2.24. The van der Waals surface area contributed by atoms with Crippen LogP contribution in [0.1, 0.15) is 12.0 Å². The molecule has 1 fully saturated rings. The van der Waals surface area contributed by atoms with Crippen LogP contribution in [0.15, 0.2) is 28.0 Å². The van der Waals surface area contributed by atoms with Crippen LogP contribution in [0.2, 0.25) is 0 Å². The van der Waals surface area contributed by atoms with Gasteiger partial charge in [-0.2, -0.15) is 4.31 Å². The summed E-state index contributed by atoms with van der Waals surface area (Å²) in [7, 11) is -7.54. The van der Waals surface area contributed by atoms with E-state index in [2.05, 4.69) is 4.72 Å². The Hall–Kier alpha value is -0.750. The number of hydrogen-bond donors (Lipinski definition) is 2. The zero-order valence-electron chi connectivity index (χ0n) is 14.0. The van der Waals surface area contributed by atoms with Crippen molar-refractivity contribution in [3.8, 4) is 0 Å². The Kier molecular flexibility index (Phi) is 8.26. The molecule has 0 atom stereocenters. The van der Waals surface area contributed by atoms with E-state index in [0.29, 0.717) is 31.7 Å². The number of morpholine rings is 1. The minimum atomic E-state index is -3.78. The number of ether oxygens (including phenoxy) is 1. The first kappa shape index (κ1) is 22.3. The zero-order chi connectivity index (χ0) is 17.8. The van der Waals surface area contributed by atoms with E-state index in [0.717, 1.165) is 0 Å². The molecule has 8 nitrogen and oxygen atoms in total. The predicted molar refractivity (Wildman–Crippen MR) is 96.9 cm³/mol. The highest BCUT2D eigenvalue weighted by Gasteiger charge is 2.29. The van der Waals surface area contributed by atoms with Crippen LogP contribution in [0.3, 0.4) is 0 Å². The van der Waals surface area contributed by atoms with Crippen molar-refractivity contribution in [3.05, 3.63) is 23.8 Å². The Bertz CT molecular complexity index is 778. The molecule has 0 aromatic heterocycles. The Morgan fingerprint density at radius 2 is 1.84 bits per heavy atom. The Morgan fingerprint density at radius 3 is 2.44 bits per heavy atom. The largest absolute Gasteiger partial charge is 0.379 e. The topological polar surface area (TPSA) is 119 Å². The van der Waals surface area contributed by atoms with Crippen molar-refractivity contribution in [1.82, 2.24) is 9.03 Å². The van der Waals surface area contributed by atoms with Crippen LogP contribution in [0.4, 0.5) is 0 Å². The number of nitrogens with zero attached hydrogens (tertiary/aromatic N) is 1. The molecule has 1 aliphatic rings. The summed E-state index contributed by atoms with van der Waals surface area (Å²) in [5, 5.41) is 0. The van der Waals surface area contributed by atoms with Gasteiger partial charge in [0, 0.05) is 19.6 Å². The van der Waals surface area contributed by atoms with Crippen LogP contribution < -0.4 is 10.5 Å². The lowest BCUT2D eigenvalue weighted by Crippen LogP contribution is -2.40. The number of nitrogens with one attached hydrogen (secondary N) is 1. The highest BCUT2D eigenvalue weighted by atomic mass is 35.5. The van der Waals surface area contributed by atoms with E-state index in [1.807, 2.05) is 0 Å². The monoisotopic (exact) mass is 413 g/mol. The van der Waals surface area contributed by atoms with E-state index < -0.39 is 20.0 Å². The molecule has 0 saturated carbocycles. The molecule has 0 bridgehead atoms. The predicted octanol–water partition coefficient (Wildman–Crippen LogP) is 0.0648. The van der Waals surface area contributed by atoms with Crippen LogP contribution >= 0.6 is 12.4 Å². The minimum absolute atomic E-state index is 0. The fourth-order valence-electron chi connectivity index (χ4n) is 2.34. The molecule has 2 rings (SSSR count). The molecule has 25 heavy (non-hydrogen) atoms. The third-order valence-corrected chi connectivity index (χ3v) is 7.23. The average Bonchev–Trinajstić information content (AvgIpc) is 2.56. The van der Waals surface area contributed by atoms with Gasteiger partial charge >= 0.3 is 0 Å². The number of sulfonamides is 2. The van der Waals surface area contributed by atoms with Crippen molar-refractivity contribution in [2.45, 2.75) is 23.1 Å². The van der Waals surface area contributed by atoms with Gasteiger partial charge in [-0.1, -0.05) is 6.07 Å². The standard InChI is InChI=1S/C14H23N3O5S2.ClH/c1-12-3-4-13(23(18,19)16-6-2-5-15)11-14(12)24(20,21)17-7-9-22-10-8-17;/h3-4,11,16H,2,5-10,15H2,1H3;1H. The van der Waals surface area contributed by atoms with Crippen LogP contribution in [0.25, 0.3) is 0 Å². The number of hydrogen-bond acceptors (Lipinski definition) is 6. The summed E-state index contributed by atoms with van der Waals surface area (Å²) < 4.78 is 59.1. The number of rotatable bonds is 7. The lowest BCUT2D eigenvalue weighted by atomic mass is 10.2. The van der Waals surface area contributed by atoms with Crippen LogP contribution in [-0.2, 0) is 24.8 Å². The van der Waals surface area contributed by atoms with Crippen molar-refractivity contribution in [1.29, 1.82) is 0 Å². The van der Waals surface area contributed by atoms with Gasteiger partial charge in [0.1, 0.15) is 0 Å². The van der Waals surface area contributed by atoms with E-state index in [1.165, 1.54) is 22.5 Å². The van der Waals surface area contributed by atoms with E-state index in [4.69, 9.17) is 10.5 Å². The van der Waals surface area contributed by atoms with Crippen LogP contribution in [-0.4, -0.2) is 60.5 Å². The first-order valence-electron chi connectivity index (χ1n) is 7.67. The van der Waals surface area contributed by atoms with Gasteiger partial charge < -0.3 is 10.5 Å². The molecule has 1 heterocycles. The molecular weight excluding hydrogens is 390 g/mol. The molecule has 3 N–H and O–H groups in total. The third-order valence-electron chi connectivity index (χ3n) is 3.73. The second-order valence-corrected chi connectivity index (χ2v) is 9.16. The van der Waals surface area contributed by atoms with Crippen molar-refractivity contribution < 1.29 is 21.6 Å². The van der Waals surface area contributed by atoms with E-state index in [9.17, 15) is 16.8 Å². The number of benzene rings is 1. The fraction of sp³-hybridized carbons (Fsp3) is 0.571. The highest BCUT2D eigenvalue weighted by molar-refractivity contribution is 7.90. The summed E-state index contributed by atoms with van der Waals surface area (Å²) in [4.78, 5) is -0.0666. The molecule has 0 radical (unpaired) electrons. The summed E-state index contributed by atoms with van der Waals surface area (Å²) in [5.41, 5.74) is 5.85.